The fourth-order valence-electron chi connectivity index (χ4n) is 3.19. The maximum absolute atomic E-state index is 11.6. The highest BCUT2D eigenvalue weighted by Crippen LogP contribution is 2.35. The molecule has 0 unspecified atom stereocenters. The average Bonchev–Trinajstić information content (AvgIpc) is 3.14. The largest absolute Gasteiger partial charge is 0.440 e. The van der Waals surface area contributed by atoms with Crippen LogP contribution in [0.4, 0.5) is 0 Å². The van der Waals surface area contributed by atoms with Crippen LogP contribution >= 0.6 is 11.6 Å². The van der Waals surface area contributed by atoms with Gasteiger partial charge >= 0.3 is 0 Å². The minimum atomic E-state index is -3.77. The van der Waals surface area contributed by atoms with Gasteiger partial charge in [-0.3, -0.25) is 0 Å². The molecule has 0 aliphatic rings. The molecule has 4 aromatic rings. The van der Waals surface area contributed by atoms with Gasteiger partial charge in [-0.25, -0.2) is 18.5 Å². The van der Waals surface area contributed by atoms with Crippen molar-refractivity contribution in [3.63, 3.8) is 0 Å². The fraction of sp³-hybridized carbons (Fsp3) is 0.0870. The predicted molar refractivity (Wildman–Crippen MR) is 118 cm³/mol. The third-order valence-corrected chi connectivity index (χ3v) is 6.10. The molecule has 0 radical (unpaired) electrons. The highest BCUT2D eigenvalue weighted by molar-refractivity contribution is 7.89. The maximum Gasteiger partial charge on any atom is 0.238 e. The Hall–Kier alpha value is -2.93. The van der Waals surface area contributed by atoms with Crippen LogP contribution in [0.1, 0.15) is 17.0 Å². The van der Waals surface area contributed by atoms with E-state index in [2.05, 4.69) is 0 Å². The van der Waals surface area contributed by atoms with Crippen molar-refractivity contribution >= 4 is 21.6 Å². The number of sulfonamides is 1. The molecule has 0 fully saturated rings. The molecule has 4 rings (SSSR count). The normalized spacial score (nSPS) is 11.6. The zero-order valence-electron chi connectivity index (χ0n) is 16.2. The second-order valence-corrected chi connectivity index (χ2v) is 8.95. The molecule has 0 bridgehead atoms. The molecule has 1 aromatic heterocycles. The summed E-state index contributed by atoms with van der Waals surface area (Å²) in [5.74, 6) is 1.12. The van der Waals surface area contributed by atoms with Crippen molar-refractivity contribution in [1.29, 1.82) is 0 Å². The predicted octanol–water partition coefficient (Wildman–Crippen LogP) is 5.21. The summed E-state index contributed by atoms with van der Waals surface area (Å²) in [6.45, 7) is 1.93. The van der Waals surface area contributed by atoms with Gasteiger partial charge in [0.25, 0.3) is 0 Å². The van der Waals surface area contributed by atoms with E-state index in [9.17, 15) is 8.42 Å². The minimum absolute atomic E-state index is 0.0409. The van der Waals surface area contributed by atoms with E-state index in [4.69, 9.17) is 26.1 Å². The standard InChI is InChI=1S/C23H19ClN2O3S/c1-15-13-18(9-12-20(15)24)22-23(17-7-10-19(11-8-17)30(25,27)28)29-21(26-22)14-16-5-3-2-4-6-16/h2-13H,14H2,1H3,(H2,25,27,28). The summed E-state index contributed by atoms with van der Waals surface area (Å²) < 4.78 is 29.3. The fourth-order valence-corrected chi connectivity index (χ4v) is 3.82. The van der Waals surface area contributed by atoms with Gasteiger partial charge in [0.15, 0.2) is 11.7 Å². The summed E-state index contributed by atoms with van der Waals surface area (Å²) in [7, 11) is -3.77. The molecule has 30 heavy (non-hydrogen) atoms. The van der Waals surface area contributed by atoms with E-state index in [-0.39, 0.29) is 4.90 Å². The topological polar surface area (TPSA) is 86.2 Å². The Morgan fingerprint density at radius 1 is 0.967 bits per heavy atom. The number of nitrogens with zero attached hydrogens (tertiary/aromatic N) is 1. The van der Waals surface area contributed by atoms with Gasteiger partial charge in [-0.2, -0.15) is 0 Å². The second-order valence-electron chi connectivity index (χ2n) is 6.98. The molecule has 0 atom stereocenters. The zero-order chi connectivity index (χ0) is 21.3. The van der Waals surface area contributed by atoms with Gasteiger partial charge in [-0.1, -0.05) is 48.0 Å². The summed E-state index contributed by atoms with van der Waals surface area (Å²) in [5.41, 5.74) is 4.25. The van der Waals surface area contributed by atoms with Crippen LogP contribution in [-0.4, -0.2) is 13.4 Å². The third kappa shape index (κ3) is 4.31. The molecule has 7 heteroatoms. The molecule has 0 spiro atoms. The van der Waals surface area contributed by atoms with Crippen molar-refractivity contribution in [3.8, 4) is 22.6 Å². The number of hydrogen-bond acceptors (Lipinski definition) is 4. The molecule has 5 nitrogen and oxygen atoms in total. The first-order valence-electron chi connectivity index (χ1n) is 9.24. The zero-order valence-corrected chi connectivity index (χ0v) is 17.7. The first kappa shape index (κ1) is 20.3. The number of hydrogen-bond donors (Lipinski definition) is 1. The van der Waals surface area contributed by atoms with E-state index in [1.807, 2.05) is 55.5 Å². The maximum atomic E-state index is 11.6. The third-order valence-electron chi connectivity index (χ3n) is 4.75. The van der Waals surface area contributed by atoms with Crippen molar-refractivity contribution in [3.05, 3.63) is 94.8 Å². The molecule has 0 aliphatic carbocycles. The number of aromatic nitrogens is 1. The molecule has 3 aromatic carbocycles. The van der Waals surface area contributed by atoms with E-state index in [0.717, 1.165) is 16.7 Å². The van der Waals surface area contributed by atoms with Gasteiger partial charge in [0.05, 0.1) is 4.90 Å². The molecule has 0 saturated carbocycles. The van der Waals surface area contributed by atoms with Crippen LogP contribution in [0.25, 0.3) is 22.6 Å². The van der Waals surface area contributed by atoms with Crippen LogP contribution in [0, 0.1) is 6.92 Å². The number of nitrogens with two attached hydrogens (primary N) is 1. The second kappa shape index (κ2) is 8.07. The summed E-state index contributed by atoms with van der Waals surface area (Å²) >= 11 is 6.18. The summed E-state index contributed by atoms with van der Waals surface area (Å²) in [4.78, 5) is 4.78. The smallest absolute Gasteiger partial charge is 0.238 e. The van der Waals surface area contributed by atoms with Crippen LogP contribution in [0.3, 0.4) is 0 Å². The number of primary sulfonamides is 1. The summed E-state index contributed by atoms with van der Waals surface area (Å²) in [5, 5.41) is 5.88. The molecular formula is C23H19ClN2O3S. The van der Waals surface area contributed by atoms with Crippen molar-refractivity contribution in [2.45, 2.75) is 18.2 Å². The van der Waals surface area contributed by atoms with E-state index < -0.39 is 10.0 Å². The van der Waals surface area contributed by atoms with Gasteiger partial charge in [-0.05, 0) is 54.4 Å². The summed E-state index contributed by atoms with van der Waals surface area (Å²) in [6, 6.07) is 21.8. The van der Waals surface area contributed by atoms with E-state index in [0.29, 0.717) is 34.4 Å². The number of halogens is 1. The van der Waals surface area contributed by atoms with Crippen LogP contribution in [0.15, 0.2) is 82.1 Å². The molecule has 0 saturated heterocycles. The first-order valence-corrected chi connectivity index (χ1v) is 11.2. The minimum Gasteiger partial charge on any atom is -0.440 e. The Bertz CT molecular complexity index is 1300. The molecule has 0 aliphatic heterocycles. The quantitative estimate of drug-likeness (QED) is 0.463. The van der Waals surface area contributed by atoms with Crippen molar-refractivity contribution in [2.75, 3.05) is 0 Å². The van der Waals surface area contributed by atoms with Crippen molar-refractivity contribution in [2.24, 2.45) is 5.14 Å². The lowest BCUT2D eigenvalue weighted by Gasteiger charge is -2.05. The Morgan fingerprint density at radius 2 is 1.63 bits per heavy atom. The van der Waals surface area contributed by atoms with Gasteiger partial charge in [0, 0.05) is 22.6 Å². The molecular weight excluding hydrogens is 420 g/mol. The first-order chi connectivity index (χ1) is 14.3. The van der Waals surface area contributed by atoms with Gasteiger partial charge in [0.1, 0.15) is 5.69 Å². The highest BCUT2D eigenvalue weighted by atomic mass is 35.5. The molecule has 0 amide bonds. The Morgan fingerprint density at radius 3 is 2.27 bits per heavy atom. The lowest BCUT2D eigenvalue weighted by atomic mass is 10.0. The molecule has 1 heterocycles. The average molecular weight is 439 g/mol. The molecule has 2 N–H and O–H groups in total. The van der Waals surface area contributed by atoms with Crippen LogP contribution < -0.4 is 5.14 Å². The SMILES string of the molecule is Cc1cc(-c2nc(Cc3ccccc3)oc2-c2ccc(S(N)(=O)=O)cc2)ccc1Cl. The lowest BCUT2D eigenvalue weighted by molar-refractivity contribution is 0.519. The Balaban J connectivity index is 1.81. The number of rotatable bonds is 5. The van der Waals surface area contributed by atoms with Gasteiger partial charge in [-0.15, -0.1) is 0 Å². The molecule has 152 valence electrons. The van der Waals surface area contributed by atoms with Crippen molar-refractivity contribution < 1.29 is 12.8 Å². The van der Waals surface area contributed by atoms with Crippen LogP contribution in [0.2, 0.25) is 5.02 Å². The lowest BCUT2D eigenvalue weighted by Crippen LogP contribution is -2.11. The van der Waals surface area contributed by atoms with E-state index in [1.54, 1.807) is 12.1 Å². The summed E-state index contributed by atoms with van der Waals surface area (Å²) in [6.07, 6.45) is 0.537. The highest BCUT2D eigenvalue weighted by Gasteiger charge is 2.19. The van der Waals surface area contributed by atoms with E-state index in [1.165, 1.54) is 12.1 Å². The van der Waals surface area contributed by atoms with Crippen LogP contribution in [-0.2, 0) is 16.4 Å². The van der Waals surface area contributed by atoms with Gasteiger partial charge in [0.2, 0.25) is 10.0 Å². The van der Waals surface area contributed by atoms with Crippen LogP contribution in [0.5, 0.6) is 0 Å². The number of aryl methyl sites for hydroxylation is 1. The Kier molecular flexibility index (Phi) is 5.47. The van der Waals surface area contributed by atoms with Gasteiger partial charge < -0.3 is 4.42 Å². The monoisotopic (exact) mass is 438 g/mol. The van der Waals surface area contributed by atoms with E-state index >= 15 is 0 Å². The Labute approximate surface area is 180 Å². The number of oxazole rings is 1. The van der Waals surface area contributed by atoms with Crippen molar-refractivity contribution in [1.82, 2.24) is 4.98 Å². The number of benzene rings is 3.